The summed E-state index contributed by atoms with van der Waals surface area (Å²) in [5, 5.41) is 10.2. The zero-order chi connectivity index (χ0) is 13.1. The van der Waals surface area contributed by atoms with Crippen LogP contribution in [0.3, 0.4) is 0 Å². The minimum absolute atomic E-state index is 0.262. The first-order chi connectivity index (χ1) is 8.63. The SMILES string of the molecule is CCCc1c(Cl)ncnc1N1CCC(C(C)O)C1. The summed E-state index contributed by atoms with van der Waals surface area (Å²) in [6.45, 7) is 5.76. The molecule has 1 saturated heterocycles. The van der Waals surface area contributed by atoms with E-state index in [2.05, 4.69) is 21.8 Å². The van der Waals surface area contributed by atoms with Gasteiger partial charge in [0.1, 0.15) is 17.3 Å². The van der Waals surface area contributed by atoms with E-state index in [1.807, 2.05) is 6.92 Å². The fourth-order valence-corrected chi connectivity index (χ4v) is 2.72. The maximum Gasteiger partial charge on any atom is 0.137 e. The minimum Gasteiger partial charge on any atom is -0.393 e. The Morgan fingerprint density at radius 1 is 1.56 bits per heavy atom. The molecule has 2 atom stereocenters. The summed E-state index contributed by atoms with van der Waals surface area (Å²) in [6, 6.07) is 0. The molecule has 0 spiro atoms. The molecule has 4 nitrogen and oxygen atoms in total. The smallest absolute Gasteiger partial charge is 0.137 e. The van der Waals surface area contributed by atoms with E-state index in [1.54, 1.807) is 0 Å². The van der Waals surface area contributed by atoms with E-state index in [9.17, 15) is 5.11 Å². The number of rotatable bonds is 4. The average Bonchev–Trinajstić information content (AvgIpc) is 2.81. The Hall–Kier alpha value is -0.870. The van der Waals surface area contributed by atoms with Gasteiger partial charge in [-0.05, 0) is 19.8 Å². The lowest BCUT2D eigenvalue weighted by molar-refractivity contribution is 0.136. The molecule has 0 amide bonds. The first-order valence-electron chi connectivity index (χ1n) is 6.55. The molecular formula is C13H20ClN3O. The molecule has 1 aliphatic heterocycles. The van der Waals surface area contributed by atoms with Gasteiger partial charge in [-0.3, -0.25) is 0 Å². The fraction of sp³-hybridized carbons (Fsp3) is 0.692. The van der Waals surface area contributed by atoms with Crippen LogP contribution in [0.15, 0.2) is 6.33 Å². The van der Waals surface area contributed by atoms with E-state index < -0.39 is 0 Å². The standard InChI is InChI=1S/C13H20ClN3O/c1-3-4-11-12(14)15-8-16-13(11)17-6-5-10(7-17)9(2)18/h8-10,18H,3-7H2,1-2H3. The van der Waals surface area contributed by atoms with Gasteiger partial charge in [-0.2, -0.15) is 0 Å². The Bertz CT molecular complexity index is 411. The van der Waals surface area contributed by atoms with Gasteiger partial charge in [0.25, 0.3) is 0 Å². The zero-order valence-corrected chi connectivity index (χ0v) is 11.7. The van der Waals surface area contributed by atoms with Crippen LogP contribution in [0.2, 0.25) is 5.15 Å². The highest BCUT2D eigenvalue weighted by molar-refractivity contribution is 6.30. The van der Waals surface area contributed by atoms with E-state index >= 15 is 0 Å². The molecule has 5 heteroatoms. The van der Waals surface area contributed by atoms with Crippen molar-refractivity contribution in [1.29, 1.82) is 0 Å². The molecule has 2 rings (SSSR count). The number of aliphatic hydroxyl groups is 1. The molecule has 0 bridgehead atoms. The molecule has 100 valence electrons. The van der Waals surface area contributed by atoms with Gasteiger partial charge in [-0.1, -0.05) is 24.9 Å². The Balaban J connectivity index is 2.21. The Morgan fingerprint density at radius 3 is 2.94 bits per heavy atom. The van der Waals surface area contributed by atoms with Crippen molar-refractivity contribution < 1.29 is 5.11 Å². The van der Waals surface area contributed by atoms with Crippen molar-refractivity contribution in [2.24, 2.45) is 5.92 Å². The number of aliphatic hydroxyl groups excluding tert-OH is 1. The maximum atomic E-state index is 9.66. The van der Waals surface area contributed by atoms with Gasteiger partial charge in [0.05, 0.1) is 6.10 Å². The lowest BCUT2D eigenvalue weighted by Crippen LogP contribution is -2.25. The predicted molar refractivity (Wildman–Crippen MR) is 73.0 cm³/mol. The number of nitrogens with zero attached hydrogens (tertiary/aromatic N) is 3. The van der Waals surface area contributed by atoms with Crippen LogP contribution < -0.4 is 4.90 Å². The Kier molecular flexibility index (Phi) is 4.40. The third-order valence-corrected chi connectivity index (χ3v) is 3.90. The van der Waals surface area contributed by atoms with Crippen LogP contribution in [0.4, 0.5) is 5.82 Å². The maximum absolute atomic E-state index is 9.66. The van der Waals surface area contributed by atoms with Gasteiger partial charge in [0.15, 0.2) is 0 Å². The summed E-state index contributed by atoms with van der Waals surface area (Å²) in [7, 11) is 0. The van der Waals surface area contributed by atoms with Crippen molar-refractivity contribution in [2.45, 2.75) is 39.2 Å². The molecule has 0 aliphatic carbocycles. The fourth-order valence-electron chi connectivity index (χ4n) is 2.49. The summed E-state index contributed by atoms with van der Waals surface area (Å²) < 4.78 is 0. The first-order valence-corrected chi connectivity index (χ1v) is 6.93. The lowest BCUT2D eigenvalue weighted by atomic mass is 10.0. The molecule has 1 N–H and O–H groups in total. The highest BCUT2D eigenvalue weighted by Gasteiger charge is 2.28. The van der Waals surface area contributed by atoms with Gasteiger partial charge in [-0.25, -0.2) is 9.97 Å². The molecule has 18 heavy (non-hydrogen) atoms. The van der Waals surface area contributed by atoms with Crippen LogP contribution in [-0.4, -0.2) is 34.3 Å². The summed E-state index contributed by atoms with van der Waals surface area (Å²) in [4.78, 5) is 10.7. The normalized spacial score (nSPS) is 21.3. The molecule has 1 fully saturated rings. The van der Waals surface area contributed by atoms with E-state index in [1.165, 1.54) is 6.33 Å². The van der Waals surface area contributed by atoms with Gasteiger partial charge < -0.3 is 10.0 Å². The number of hydrogen-bond acceptors (Lipinski definition) is 4. The Morgan fingerprint density at radius 2 is 2.33 bits per heavy atom. The van der Waals surface area contributed by atoms with Gasteiger partial charge >= 0.3 is 0 Å². The van der Waals surface area contributed by atoms with Crippen molar-refractivity contribution in [3.8, 4) is 0 Å². The Labute approximate surface area is 113 Å². The van der Waals surface area contributed by atoms with Crippen molar-refractivity contribution in [3.63, 3.8) is 0 Å². The van der Waals surface area contributed by atoms with Gasteiger partial charge in [0, 0.05) is 24.6 Å². The van der Waals surface area contributed by atoms with Crippen LogP contribution >= 0.6 is 11.6 Å². The molecule has 1 aliphatic rings. The molecule has 2 heterocycles. The highest BCUT2D eigenvalue weighted by Crippen LogP contribution is 2.30. The lowest BCUT2D eigenvalue weighted by Gasteiger charge is -2.21. The summed E-state index contributed by atoms with van der Waals surface area (Å²) >= 11 is 6.16. The molecule has 1 aromatic rings. The van der Waals surface area contributed by atoms with Crippen molar-refractivity contribution in [3.05, 3.63) is 17.0 Å². The predicted octanol–water partition coefficient (Wildman–Crippen LogP) is 2.29. The summed E-state index contributed by atoms with van der Waals surface area (Å²) in [5.41, 5.74) is 1.04. The number of hydrogen-bond donors (Lipinski definition) is 1. The van der Waals surface area contributed by atoms with Crippen LogP contribution in [0.1, 0.15) is 32.3 Å². The monoisotopic (exact) mass is 269 g/mol. The number of halogens is 1. The molecule has 0 saturated carbocycles. The van der Waals surface area contributed by atoms with Crippen LogP contribution in [0.25, 0.3) is 0 Å². The highest BCUT2D eigenvalue weighted by atomic mass is 35.5. The molecule has 1 aromatic heterocycles. The third kappa shape index (κ3) is 2.75. The quantitative estimate of drug-likeness (QED) is 0.852. The van der Waals surface area contributed by atoms with Crippen LogP contribution in [0.5, 0.6) is 0 Å². The van der Waals surface area contributed by atoms with Gasteiger partial charge in [-0.15, -0.1) is 0 Å². The molecular weight excluding hydrogens is 250 g/mol. The van der Waals surface area contributed by atoms with Gasteiger partial charge in [0.2, 0.25) is 0 Å². The molecule has 2 unspecified atom stereocenters. The summed E-state index contributed by atoms with van der Waals surface area (Å²) in [6.07, 6.45) is 4.18. The van der Waals surface area contributed by atoms with Crippen molar-refractivity contribution in [2.75, 3.05) is 18.0 Å². The first kappa shape index (κ1) is 13.6. The number of anilines is 1. The van der Waals surface area contributed by atoms with Crippen LogP contribution in [0, 0.1) is 5.92 Å². The van der Waals surface area contributed by atoms with Crippen molar-refractivity contribution in [1.82, 2.24) is 9.97 Å². The number of aromatic nitrogens is 2. The van der Waals surface area contributed by atoms with E-state index in [-0.39, 0.29) is 6.10 Å². The third-order valence-electron chi connectivity index (χ3n) is 3.58. The molecule has 0 aromatic carbocycles. The largest absolute Gasteiger partial charge is 0.393 e. The second kappa shape index (κ2) is 5.85. The average molecular weight is 270 g/mol. The molecule has 0 radical (unpaired) electrons. The second-order valence-electron chi connectivity index (χ2n) is 4.95. The minimum atomic E-state index is -0.262. The zero-order valence-electron chi connectivity index (χ0n) is 10.9. The van der Waals surface area contributed by atoms with Crippen LogP contribution in [-0.2, 0) is 6.42 Å². The second-order valence-corrected chi connectivity index (χ2v) is 5.31. The van der Waals surface area contributed by atoms with E-state index in [0.717, 1.165) is 43.7 Å². The van der Waals surface area contributed by atoms with E-state index in [0.29, 0.717) is 11.1 Å². The van der Waals surface area contributed by atoms with Crippen molar-refractivity contribution >= 4 is 17.4 Å². The topological polar surface area (TPSA) is 49.2 Å². The van der Waals surface area contributed by atoms with E-state index in [4.69, 9.17) is 11.6 Å². The summed E-state index contributed by atoms with van der Waals surface area (Å²) in [5.74, 6) is 1.27.